The second-order valence-electron chi connectivity index (χ2n) is 7.73. The number of halogens is 3. The third kappa shape index (κ3) is 3.89. The van der Waals surface area contributed by atoms with Gasteiger partial charge < -0.3 is 9.30 Å². The van der Waals surface area contributed by atoms with E-state index in [0.29, 0.717) is 16.6 Å². The lowest BCUT2D eigenvalue weighted by Gasteiger charge is -2.12. The molecule has 0 unspecified atom stereocenters. The molecule has 1 saturated carbocycles. The Morgan fingerprint density at radius 2 is 2.00 bits per heavy atom. The lowest BCUT2D eigenvalue weighted by Crippen LogP contribution is -2.07. The lowest BCUT2D eigenvalue weighted by molar-refractivity contribution is 0.0520. The average molecular weight is 485 g/mol. The molecule has 33 heavy (non-hydrogen) atoms. The quantitative estimate of drug-likeness (QED) is 0.272. The number of hydrogen-bond acceptors (Lipinski definition) is 4. The minimum atomic E-state index is -0.713. The maximum absolute atomic E-state index is 15.4. The molecule has 0 bridgehead atoms. The van der Waals surface area contributed by atoms with Gasteiger partial charge in [0.15, 0.2) is 11.6 Å². The molecule has 0 atom stereocenters. The maximum atomic E-state index is 15.4. The van der Waals surface area contributed by atoms with Crippen LogP contribution in [0, 0.1) is 11.6 Å². The van der Waals surface area contributed by atoms with Crippen LogP contribution in [0.5, 0.6) is 0 Å². The van der Waals surface area contributed by atoms with Crippen LogP contribution in [-0.2, 0) is 4.74 Å². The topological polar surface area (TPSA) is 44.1 Å². The number of pyridine rings is 1. The van der Waals surface area contributed by atoms with Gasteiger partial charge in [0.25, 0.3) is 0 Å². The molecule has 0 aliphatic heterocycles. The zero-order chi connectivity index (χ0) is 23.1. The number of rotatable bonds is 6. The average Bonchev–Trinajstić information content (AvgIpc) is 3.61. The van der Waals surface area contributed by atoms with E-state index >= 15 is 8.78 Å². The Bertz CT molecular complexity index is 1370. The first-order valence-electron chi connectivity index (χ1n) is 10.6. The van der Waals surface area contributed by atoms with Crippen molar-refractivity contribution in [2.75, 3.05) is 6.61 Å². The number of nitrogens with zero attached hydrogens (tertiary/aromatic N) is 2. The Balaban J connectivity index is 1.74. The van der Waals surface area contributed by atoms with Crippen LogP contribution in [0.1, 0.15) is 41.7 Å². The molecule has 0 N–H and O–H groups in total. The summed E-state index contributed by atoms with van der Waals surface area (Å²) in [4.78, 5) is 17.4. The van der Waals surface area contributed by atoms with Crippen molar-refractivity contribution in [1.29, 1.82) is 0 Å². The van der Waals surface area contributed by atoms with Gasteiger partial charge in [-0.3, -0.25) is 4.98 Å². The van der Waals surface area contributed by atoms with Crippen LogP contribution in [0.2, 0.25) is 5.02 Å². The van der Waals surface area contributed by atoms with Gasteiger partial charge in [0.2, 0.25) is 0 Å². The summed E-state index contributed by atoms with van der Waals surface area (Å²) in [7, 11) is 0. The van der Waals surface area contributed by atoms with E-state index in [0.717, 1.165) is 23.4 Å². The zero-order valence-electron chi connectivity index (χ0n) is 17.6. The summed E-state index contributed by atoms with van der Waals surface area (Å²) in [6, 6.07) is 11.5. The SMILES string of the molecule is CCOC(=O)c1cccc(Sc2c(C3CC3)n(-c3cccnc3)c3c(F)c(Cl)ccc23)c1F. The van der Waals surface area contributed by atoms with Crippen molar-refractivity contribution in [2.45, 2.75) is 35.5 Å². The Kier molecular flexibility index (Phi) is 5.85. The summed E-state index contributed by atoms with van der Waals surface area (Å²) < 4.78 is 37.5. The van der Waals surface area contributed by atoms with E-state index in [4.69, 9.17) is 16.3 Å². The molecule has 0 radical (unpaired) electrons. The first kappa shape index (κ1) is 21.9. The van der Waals surface area contributed by atoms with E-state index in [-0.39, 0.29) is 28.0 Å². The first-order valence-corrected chi connectivity index (χ1v) is 11.8. The number of aromatic nitrogens is 2. The molecule has 4 nitrogen and oxygen atoms in total. The van der Waals surface area contributed by atoms with Crippen molar-refractivity contribution in [1.82, 2.24) is 9.55 Å². The predicted molar refractivity (Wildman–Crippen MR) is 124 cm³/mol. The lowest BCUT2D eigenvalue weighted by atomic mass is 10.2. The van der Waals surface area contributed by atoms with E-state index in [1.807, 2.05) is 10.6 Å². The molecule has 1 fully saturated rings. The zero-order valence-corrected chi connectivity index (χ0v) is 19.2. The molecule has 8 heteroatoms. The van der Waals surface area contributed by atoms with E-state index in [1.165, 1.54) is 23.9 Å². The third-order valence-corrected chi connectivity index (χ3v) is 7.01. The standard InChI is InChI=1S/C25H19ClF2N2O2S/c1-2-32-25(31)16-6-3-7-19(20(16)27)33-24-17-10-11-18(26)21(28)23(17)30(22(24)14-8-9-14)15-5-4-12-29-13-15/h3-7,10-14H,2,8-9H2,1H3. The van der Waals surface area contributed by atoms with Gasteiger partial charge in [0.1, 0.15) is 0 Å². The smallest absolute Gasteiger partial charge is 0.341 e. The van der Waals surface area contributed by atoms with E-state index in [1.54, 1.807) is 43.6 Å². The van der Waals surface area contributed by atoms with Crippen LogP contribution in [0.15, 0.2) is 64.6 Å². The van der Waals surface area contributed by atoms with Gasteiger partial charge >= 0.3 is 5.97 Å². The number of ether oxygens (including phenoxy) is 1. The molecule has 2 heterocycles. The first-order chi connectivity index (χ1) is 16.0. The summed E-state index contributed by atoms with van der Waals surface area (Å²) >= 11 is 7.34. The van der Waals surface area contributed by atoms with E-state index < -0.39 is 17.6 Å². The summed E-state index contributed by atoms with van der Waals surface area (Å²) in [5.41, 5.74) is 1.81. The van der Waals surface area contributed by atoms with Crippen LogP contribution >= 0.6 is 23.4 Å². The molecule has 2 aromatic carbocycles. The summed E-state index contributed by atoms with van der Waals surface area (Å²) in [5.74, 6) is -1.70. The molecule has 0 spiro atoms. The number of fused-ring (bicyclic) bond motifs is 1. The fraction of sp³-hybridized carbons (Fsp3) is 0.200. The molecule has 0 saturated heterocycles. The molecular weight excluding hydrogens is 466 g/mol. The molecule has 0 amide bonds. The van der Waals surface area contributed by atoms with Crippen LogP contribution in [0.3, 0.4) is 0 Å². The van der Waals surface area contributed by atoms with Crippen LogP contribution in [0.4, 0.5) is 8.78 Å². The third-order valence-electron chi connectivity index (χ3n) is 5.55. The maximum Gasteiger partial charge on any atom is 0.341 e. The minimum absolute atomic E-state index is 0.0135. The molecule has 4 aromatic rings. The molecule has 2 aromatic heterocycles. The highest BCUT2D eigenvalue weighted by atomic mass is 35.5. The van der Waals surface area contributed by atoms with Crippen LogP contribution < -0.4 is 0 Å². The van der Waals surface area contributed by atoms with E-state index in [2.05, 4.69) is 4.98 Å². The normalized spacial score (nSPS) is 13.5. The number of hydrogen-bond donors (Lipinski definition) is 0. The largest absolute Gasteiger partial charge is 0.462 e. The van der Waals surface area contributed by atoms with Gasteiger partial charge in [-0.25, -0.2) is 13.6 Å². The van der Waals surface area contributed by atoms with Crippen molar-refractivity contribution < 1.29 is 18.3 Å². The Morgan fingerprint density at radius 1 is 1.18 bits per heavy atom. The fourth-order valence-corrected chi connectivity index (χ4v) is 5.31. The van der Waals surface area contributed by atoms with Gasteiger partial charge in [-0.2, -0.15) is 0 Å². The van der Waals surface area contributed by atoms with Crippen molar-refractivity contribution >= 4 is 40.2 Å². The van der Waals surface area contributed by atoms with Gasteiger partial charge in [-0.15, -0.1) is 0 Å². The number of carbonyl (C=O) groups excluding carboxylic acids is 1. The summed E-state index contributed by atoms with van der Waals surface area (Å²) in [5, 5.41) is 0.646. The molecule has 1 aliphatic rings. The Labute approximate surface area is 198 Å². The Hall–Kier alpha value is -2.90. The number of esters is 1. The van der Waals surface area contributed by atoms with Gasteiger partial charge in [-0.05, 0) is 56.2 Å². The van der Waals surface area contributed by atoms with Crippen molar-refractivity contribution in [3.63, 3.8) is 0 Å². The number of benzene rings is 2. The summed E-state index contributed by atoms with van der Waals surface area (Å²) in [6.45, 7) is 1.82. The van der Waals surface area contributed by atoms with Gasteiger partial charge in [0.05, 0.1) is 34.6 Å². The fourth-order valence-electron chi connectivity index (χ4n) is 3.95. The predicted octanol–water partition coefficient (Wildman–Crippen LogP) is 7.16. The Morgan fingerprint density at radius 3 is 2.70 bits per heavy atom. The van der Waals surface area contributed by atoms with Crippen LogP contribution in [-0.4, -0.2) is 22.1 Å². The van der Waals surface area contributed by atoms with Crippen LogP contribution in [0.25, 0.3) is 16.6 Å². The second-order valence-corrected chi connectivity index (χ2v) is 9.19. The monoisotopic (exact) mass is 484 g/mol. The van der Waals surface area contributed by atoms with E-state index in [9.17, 15) is 4.79 Å². The van der Waals surface area contributed by atoms with Crippen molar-refractivity contribution in [3.8, 4) is 5.69 Å². The van der Waals surface area contributed by atoms with Gasteiger partial charge in [-0.1, -0.05) is 29.4 Å². The van der Waals surface area contributed by atoms with Crippen molar-refractivity contribution in [2.24, 2.45) is 0 Å². The number of carbonyl (C=O) groups is 1. The minimum Gasteiger partial charge on any atom is -0.462 e. The molecule has 1 aliphatic carbocycles. The van der Waals surface area contributed by atoms with Gasteiger partial charge in [0, 0.05) is 33.0 Å². The summed E-state index contributed by atoms with van der Waals surface area (Å²) in [6.07, 6.45) is 5.22. The highest BCUT2D eigenvalue weighted by Gasteiger charge is 2.34. The molecule has 168 valence electrons. The highest BCUT2D eigenvalue weighted by molar-refractivity contribution is 7.99. The van der Waals surface area contributed by atoms with Crippen molar-refractivity contribution in [3.05, 3.63) is 82.8 Å². The molecule has 5 rings (SSSR count). The second kappa shape index (κ2) is 8.80. The molecular formula is C25H19ClF2N2O2S. The highest BCUT2D eigenvalue weighted by Crippen LogP contribution is 2.51.